The third kappa shape index (κ3) is 5.93. The Labute approximate surface area is 104 Å². The van der Waals surface area contributed by atoms with Gasteiger partial charge in [0.15, 0.2) is 0 Å². The summed E-state index contributed by atoms with van der Waals surface area (Å²) in [5, 5.41) is 11.0. The van der Waals surface area contributed by atoms with Crippen molar-refractivity contribution < 1.29 is 9.18 Å². The molecule has 1 aromatic rings. The van der Waals surface area contributed by atoms with Gasteiger partial charge in [-0.2, -0.15) is 17.0 Å². The van der Waals surface area contributed by atoms with E-state index in [1.807, 2.05) is 0 Å². The van der Waals surface area contributed by atoms with E-state index in [-0.39, 0.29) is 11.7 Å². The van der Waals surface area contributed by atoms with Crippen LogP contribution in [-0.2, 0) is 4.79 Å². The van der Waals surface area contributed by atoms with Gasteiger partial charge in [-0.05, 0) is 36.4 Å². The predicted octanol–water partition coefficient (Wildman–Crippen LogP) is 2.80. The summed E-state index contributed by atoms with van der Waals surface area (Å²) in [5.74, 6) is 0.708. The average Bonchev–Trinajstić information content (AvgIpc) is 2.32. The Balaban J connectivity index is 2.21. The summed E-state index contributed by atoms with van der Waals surface area (Å²) in [7, 11) is 0. The Kier molecular flexibility index (Phi) is 6.12. The number of nitrogens with zero attached hydrogens (tertiary/aromatic N) is 1. The van der Waals surface area contributed by atoms with Crippen molar-refractivity contribution in [2.24, 2.45) is 0 Å². The second-order valence-corrected chi connectivity index (χ2v) is 4.47. The minimum Gasteiger partial charge on any atom is -0.325 e. The van der Waals surface area contributed by atoms with Crippen molar-refractivity contribution in [2.45, 2.75) is 12.8 Å². The zero-order valence-corrected chi connectivity index (χ0v) is 10.1. The topological polar surface area (TPSA) is 52.9 Å². The highest BCUT2D eigenvalue weighted by molar-refractivity contribution is 7.99. The number of carbonyl (C=O) groups is 1. The largest absolute Gasteiger partial charge is 0.325 e. The predicted molar refractivity (Wildman–Crippen MR) is 67.2 cm³/mol. The lowest BCUT2D eigenvalue weighted by atomic mass is 10.3. The van der Waals surface area contributed by atoms with E-state index in [0.29, 0.717) is 17.9 Å². The molecule has 3 nitrogen and oxygen atoms in total. The summed E-state index contributed by atoms with van der Waals surface area (Å²) in [6.07, 6.45) is 1.32. The molecule has 1 rings (SSSR count). The number of carbonyl (C=O) groups excluding carboxylic acids is 1. The van der Waals surface area contributed by atoms with E-state index >= 15 is 0 Å². The average molecular weight is 252 g/mol. The molecule has 5 heteroatoms. The van der Waals surface area contributed by atoms with E-state index in [0.717, 1.165) is 12.2 Å². The third-order valence-corrected chi connectivity index (χ3v) is 2.98. The molecule has 0 aliphatic heterocycles. The molecule has 0 radical (unpaired) electrons. The fourth-order valence-electron chi connectivity index (χ4n) is 1.15. The molecule has 0 aromatic heterocycles. The van der Waals surface area contributed by atoms with Crippen molar-refractivity contribution in [3.63, 3.8) is 0 Å². The Hall–Kier alpha value is -1.54. The molecule has 0 fully saturated rings. The zero-order valence-electron chi connectivity index (χ0n) is 9.28. The number of thioether (sulfide) groups is 1. The fourth-order valence-corrected chi connectivity index (χ4v) is 1.90. The lowest BCUT2D eigenvalue weighted by molar-refractivity contribution is -0.113. The molecule has 0 spiro atoms. The van der Waals surface area contributed by atoms with Crippen LogP contribution in [0.25, 0.3) is 0 Å². The minimum atomic E-state index is -0.325. The molecule has 0 aliphatic carbocycles. The first-order valence-corrected chi connectivity index (χ1v) is 6.38. The molecule has 0 bridgehead atoms. The number of nitriles is 1. The molecular weight excluding hydrogens is 239 g/mol. The van der Waals surface area contributed by atoms with Crippen molar-refractivity contribution in [1.29, 1.82) is 5.26 Å². The minimum absolute atomic E-state index is 0.112. The lowest BCUT2D eigenvalue weighted by Gasteiger charge is -2.04. The van der Waals surface area contributed by atoms with E-state index < -0.39 is 0 Å². The number of hydrogen-bond acceptors (Lipinski definition) is 3. The number of unbranched alkanes of at least 4 members (excludes halogenated alkanes) is 1. The van der Waals surface area contributed by atoms with Gasteiger partial charge in [0.1, 0.15) is 5.82 Å². The van der Waals surface area contributed by atoms with Gasteiger partial charge in [0.2, 0.25) is 5.91 Å². The summed E-state index contributed by atoms with van der Waals surface area (Å²) >= 11 is 1.49. The Bertz CT molecular complexity index is 400. The van der Waals surface area contributed by atoms with Crippen LogP contribution >= 0.6 is 11.8 Å². The Morgan fingerprint density at radius 3 is 2.76 bits per heavy atom. The normalized spacial score (nSPS) is 9.65. The van der Waals surface area contributed by atoms with Gasteiger partial charge in [-0.3, -0.25) is 4.79 Å². The summed E-state index contributed by atoms with van der Waals surface area (Å²) < 4.78 is 12.6. The molecule has 0 unspecified atom stereocenters. The van der Waals surface area contributed by atoms with Crippen molar-refractivity contribution in [1.82, 2.24) is 0 Å². The van der Waals surface area contributed by atoms with Crippen LogP contribution in [0.2, 0.25) is 0 Å². The Morgan fingerprint density at radius 1 is 1.41 bits per heavy atom. The van der Waals surface area contributed by atoms with Crippen LogP contribution in [-0.4, -0.2) is 17.4 Å². The van der Waals surface area contributed by atoms with Crippen LogP contribution in [0, 0.1) is 17.1 Å². The van der Waals surface area contributed by atoms with Gasteiger partial charge < -0.3 is 5.32 Å². The first-order valence-electron chi connectivity index (χ1n) is 5.22. The maximum absolute atomic E-state index is 12.6. The molecule has 0 aliphatic rings. The molecule has 0 saturated carbocycles. The van der Waals surface area contributed by atoms with E-state index in [9.17, 15) is 9.18 Å². The van der Waals surface area contributed by atoms with E-state index in [4.69, 9.17) is 5.26 Å². The lowest BCUT2D eigenvalue weighted by Crippen LogP contribution is -2.14. The monoisotopic (exact) mass is 252 g/mol. The van der Waals surface area contributed by atoms with E-state index in [1.54, 1.807) is 0 Å². The van der Waals surface area contributed by atoms with Crippen molar-refractivity contribution >= 4 is 23.4 Å². The van der Waals surface area contributed by atoms with Crippen molar-refractivity contribution in [3.8, 4) is 6.07 Å². The molecular formula is C12H13FN2OS. The number of anilines is 1. The summed E-state index contributed by atoms with van der Waals surface area (Å²) in [4.78, 5) is 11.4. The van der Waals surface area contributed by atoms with Crippen LogP contribution in [0.5, 0.6) is 0 Å². The number of rotatable bonds is 6. The molecule has 0 saturated heterocycles. The van der Waals surface area contributed by atoms with Gasteiger partial charge >= 0.3 is 0 Å². The SMILES string of the molecule is N#CCCCSCC(=O)Nc1ccc(F)cc1. The molecule has 1 N–H and O–H groups in total. The first kappa shape index (κ1) is 13.5. The van der Waals surface area contributed by atoms with Crippen molar-refractivity contribution in [3.05, 3.63) is 30.1 Å². The highest BCUT2D eigenvalue weighted by Crippen LogP contribution is 2.10. The van der Waals surface area contributed by atoms with Crippen LogP contribution in [0.15, 0.2) is 24.3 Å². The standard InChI is InChI=1S/C12H13FN2OS/c13-10-3-5-11(6-4-10)15-12(16)9-17-8-2-1-7-14/h3-6H,1-2,8-9H2,(H,15,16). The third-order valence-electron chi connectivity index (χ3n) is 1.94. The first-order chi connectivity index (χ1) is 8.22. The number of halogens is 1. The van der Waals surface area contributed by atoms with Gasteiger partial charge in [-0.15, -0.1) is 0 Å². The van der Waals surface area contributed by atoms with Crippen LogP contribution in [0.1, 0.15) is 12.8 Å². The van der Waals surface area contributed by atoms with Gasteiger partial charge in [-0.1, -0.05) is 0 Å². The number of benzene rings is 1. The Morgan fingerprint density at radius 2 is 2.12 bits per heavy atom. The molecule has 90 valence electrons. The highest BCUT2D eigenvalue weighted by Gasteiger charge is 2.02. The molecule has 0 heterocycles. The molecule has 1 aromatic carbocycles. The van der Waals surface area contributed by atoms with Crippen LogP contribution < -0.4 is 5.32 Å². The van der Waals surface area contributed by atoms with E-state index in [1.165, 1.54) is 36.0 Å². The second kappa shape index (κ2) is 7.69. The number of hydrogen-bond donors (Lipinski definition) is 1. The molecule has 1 amide bonds. The summed E-state index contributed by atoms with van der Waals surface area (Å²) in [6.45, 7) is 0. The van der Waals surface area contributed by atoms with E-state index in [2.05, 4.69) is 11.4 Å². The van der Waals surface area contributed by atoms with Gasteiger partial charge in [-0.25, -0.2) is 4.39 Å². The molecule has 17 heavy (non-hydrogen) atoms. The maximum atomic E-state index is 12.6. The number of nitrogens with one attached hydrogen (secondary N) is 1. The maximum Gasteiger partial charge on any atom is 0.234 e. The molecule has 0 atom stereocenters. The summed E-state index contributed by atoms with van der Waals surface area (Å²) in [5.41, 5.74) is 0.592. The smallest absolute Gasteiger partial charge is 0.234 e. The zero-order chi connectivity index (χ0) is 12.5. The summed E-state index contributed by atoms with van der Waals surface area (Å²) in [6, 6.07) is 7.70. The fraction of sp³-hybridized carbons (Fsp3) is 0.333. The highest BCUT2D eigenvalue weighted by atomic mass is 32.2. The van der Waals surface area contributed by atoms with Gasteiger partial charge in [0.25, 0.3) is 0 Å². The second-order valence-electron chi connectivity index (χ2n) is 3.37. The van der Waals surface area contributed by atoms with Crippen molar-refractivity contribution in [2.75, 3.05) is 16.8 Å². The van der Waals surface area contributed by atoms with Crippen LogP contribution in [0.3, 0.4) is 0 Å². The number of amides is 1. The van der Waals surface area contributed by atoms with Gasteiger partial charge in [0, 0.05) is 12.1 Å². The van der Waals surface area contributed by atoms with Gasteiger partial charge in [0.05, 0.1) is 11.8 Å². The van der Waals surface area contributed by atoms with Crippen LogP contribution in [0.4, 0.5) is 10.1 Å². The quantitative estimate of drug-likeness (QED) is 0.792.